The molecule has 2 aromatic rings. The lowest BCUT2D eigenvalue weighted by Crippen LogP contribution is -2.37. The normalized spacial score (nSPS) is 10.5. The second kappa shape index (κ2) is 11.1. The fourth-order valence-corrected chi connectivity index (χ4v) is 3.91. The number of esters is 1. The molecule has 2 amide bonds. The lowest BCUT2D eigenvalue weighted by atomic mass is 10.2. The van der Waals surface area contributed by atoms with Crippen molar-refractivity contribution in [2.75, 3.05) is 23.8 Å². The highest BCUT2D eigenvalue weighted by Crippen LogP contribution is 2.28. The van der Waals surface area contributed by atoms with E-state index in [4.69, 9.17) is 10.5 Å². The summed E-state index contributed by atoms with van der Waals surface area (Å²) < 4.78 is 19.3. The maximum absolute atomic E-state index is 13.2. The molecule has 160 valence electrons. The van der Waals surface area contributed by atoms with E-state index in [2.05, 4.69) is 15.9 Å². The average molecular weight is 497 g/mol. The molecule has 0 saturated carbocycles. The summed E-state index contributed by atoms with van der Waals surface area (Å²) >= 11 is 4.79. The molecule has 6 nitrogen and oxygen atoms in total. The van der Waals surface area contributed by atoms with Gasteiger partial charge < -0.3 is 15.4 Å². The van der Waals surface area contributed by atoms with Crippen molar-refractivity contribution < 1.29 is 23.5 Å². The number of hydrogen-bond acceptors (Lipinski definition) is 5. The minimum absolute atomic E-state index is 0.00344. The Morgan fingerprint density at radius 1 is 1.13 bits per heavy atom. The lowest BCUT2D eigenvalue weighted by molar-refractivity contribution is -0.145. The van der Waals surface area contributed by atoms with Crippen molar-refractivity contribution in [3.63, 3.8) is 0 Å². The molecular formula is C21H22BrFN2O4S. The average Bonchev–Trinajstić information content (AvgIpc) is 2.69. The number of benzene rings is 2. The molecule has 2 rings (SSSR count). The number of nitrogens with zero attached hydrogens (tertiary/aromatic N) is 1. The predicted molar refractivity (Wildman–Crippen MR) is 118 cm³/mol. The third kappa shape index (κ3) is 7.14. The lowest BCUT2D eigenvalue weighted by Gasteiger charge is -2.22. The molecule has 0 unspecified atom stereocenters. The van der Waals surface area contributed by atoms with E-state index in [-0.39, 0.29) is 18.7 Å². The SMILES string of the molecule is Cc1cc(SCC(=O)OCC(=O)N(CCC(N)=O)c2ccc(F)cc2)c(C)cc1Br. The Morgan fingerprint density at radius 3 is 2.43 bits per heavy atom. The summed E-state index contributed by atoms with van der Waals surface area (Å²) in [6.07, 6.45) is -0.0743. The smallest absolute Gasteiger partial charge is 0.316 e. The molecule has 0 aliphatic carbocycles. The van der Waals surface area contributed by atoms with E-state index in [9.17, 15) is 18.8 Å². The second-order valence-electron chi connectivity index (χ2n) is 6.55. The van der Waals surface area contributed by atoms with E-state index in [0.29, 0.717) is 5.69 Å². The molecule has 0 saturated heterocycles. The van der Waals surface area contributed by atoms with E-state index in [1.54, 1.807) is 0 Å². The van der Waals surface area contributed by atoms with Crippen LogP contribution in [0.2, 0.25) is 0 Å². The van der Waals surface area contributed by atoms with Crippen molar-refractivity contribution >= 4 is 51.2 Å². The maximum Gasteiger partial charge on any atom is 0.316 e. The number of amides is 2. The van der Waals surface area contributed by atoms with Crippen LogP contribution in [0.5, 0.6) is 0 Å². The van der Waals surface area contributed by atoms with Crippen molar-refractivity contribution in [1.29, 1.82) is 0 Å². The van der Waals surface area contributed by atoms with Crippen LogP contribution < -0.4 is 10.6 Å². The molecule has 9 heteroatoms. The van der Waals surface area contributed by atoms with Crippen LogP contribution in [0.3, 0.4) is 0 Å². The summed E-state index contributed by atoms with van der Waals surface area (Å²) in [7, 11) is 0. The number of ether oxygens (including phenoxy) is 1. The minimum Gasteiger partial charge on any atom is -0.455 e. The molecule has 0 spiro atoms. The molecule has 0 radical (unpaired) electrons. The van der Waals surface area contributed by atoms with Crippen molar-refractivity contribution in [3.8, 4) is 0 Å². The van der Waals surface area contributed by atoms with Crippen molar-refractivity contribution in [2.24, 2.45) is 5.73 Å². The standard InChI is InChI=1S/C21H22BrFN2O4S/c1-13-10-18(14(2)9-17(13)22)30-12-21(28)29-11-20(27)25(8-7-19(24)26)16-5-3-15(23)4-6-16/h3-6,9-10H,7-8,11-12H2,1-2H3,(H2,24,26). The first kappa shape index (κ1) is 23.9. The molecular weight excluding hydrogens is 475 g/mol. The van der Waals surface area contributed by atoms with Crippen LogP contribution in [0.15, 0.2) is 45.8 Å². The van der Waals surface area contributed by atoms with Crippen LogP contribution in [-0.4, -0.2) is 36.7 Å². The van der Waals surface area contributed by atoms with E-state index in [0.717, 1.165) is 20.5 Å². The molecule has 0 atom stereocenters. The molecule has 0 heterocycles. The van der Waals surface area contributed by atoms with Crippen LogP contribution in [0, 0.1) is 19.7 Å². The van der Waals surface area contributed by atoms with Gasteiger partial charge in [0.15, 0.2) is 6.61 Å². The number of thioether (sulfide) groups is 1. The van der Waals surface area contributed by atoms with Crippen molar-refractivity contribution in [3.05, 3.63) is 57.8 Å². The third-order valence-corrected chi connectivity index (χ3v) is 6.16. The Bertz CT molecular complexity index is 937. The van der Waals surface area contributed by atoms with E-state index in [1.807, 2.05) is 26.0 Å². The Balaban J connectivity index is 1.95. The number of aryl methyl sites for hydroxylation is 2. The van der Waals surface area contributed by atoms with Gasteiger partial charge in [-0.3, -0.25) is 14.4 Å². The zero-order valence-corrected chi connectivity index (χ0v) is 19.0. The van der Waals surface area contributed by atoms with Crippen LogP contribution in [0.25, 0.3) is 0 Å². The number of carbonyl (C=O) groups is 3. The quantitative estimate of drug-likeness (QED) is 0.421. The fourth-order valence-electron chi connectivity index (χ4n) is 2.55. The molecule has 0 aliphatic rings. The summed E-state index contributed by atoms with van der Waals surface area (Å²) in [4.78, 5) is 38.0. The molecule has 2 N–H and O–H groups in total. The van der Waals surface area contributed by atoms with Gasteiger partial charge in [0.2, 0.25) is 5.91 Å². The fraction of sp³-hybridized carbons (Fsp3) is 0.286. The molecule has 0 bridgehead atoms. The first-order valence-electron chi connectivity index (χ1n) is 9.06. The third-order valence-electron chi connectivity index (χ3n) is 4.18. The van der Waals surface area contributed by atoms with Gasteiger partial charge in [-0.1, -0.05) is 15.9 Å². The summed E-state index contributed by atoms with van der Waals surface area (Å²) in [6, 6.07) is 9.17. The largest absolute Gasteiger partial charge is 0.455 e. The topological polar surface area (TPSA) is 89.7 Å². The van der Waals surface area contributed by atoms with Gasteiger partial charge >= 0.3 is 5.97 Å². The van der Waals surface area contributed by atoms with Gasteiger partial charge in [0.1, 0.15) is 5.82 Å². The highest BCUT2D eigenvalue weighted by Gasteiger charge is 2.19. The number of hydrogen-bond donors (Lipinski definition) is 1. The number of carbonyl (C=O) groups excluding carboxylic acids is 3. The van der Waals surface area contributed by atoms with Crippen LogP contribution in [-0.2, 0) is 19.1 Å². The summed E-state index contributed by atoms with van der Waals surface area (Å²) in [6.45, 7) is 3.42. The molecule has 0 aliphatic heterocycles. The Kier molecular flexibility index (Phi) is 8.86. The Labute approximate surface area is 187 Å². The van der Waals surface area contributed by atoms with Gasteiger partial charge in [0.25, 0.3) is 5.91 Å². The molecule has 0 aromatic heterocycles. The number of rotatable bonds is 9. The predicted octanol–water partition coefficient (Wildman–Crippen LogP) is 3.75. The molecule has 0 fully saturated rings. The number of halogens is 2. The monoisotopic (exact) mass is 496 g/mol. The molecule has 2 aromatic carbocycles. The van der Waals surface area contributed by atoms with Crippen LogP contribution >= 0.6 is 27.7 Å². The van der Waals surface area contributed by atoms with Crippen molar-refractivity contribution in [2.45, 2.75) is 25.2 Å². The second-order valence-corrected chi connectivity index (χ2v) is 8.43. The van der Waals surface area contributed by atoms with Gasteiger partial charge in [-0.2, -0.15) is 0 Å². The Hall–Kier alpha value is -2.39. The minimum atomic E-state index is -0.580. The summed E-state index contributed by atoms with van der Waals surface area (Å²) in [5.74, 6) is -2.06. The highest BCUT2D eigenvalue weighted by molar-refractivity contribution is 9.10. The highest BCUT2D eigenvalue weighted by atomic mass is 79.9. The maximum atomic E-state index is 13.2. The number of primary amides is 1. The number of anilines is 1. The first-order chi connectivity index (χ1) is 14.2. The van der Waals surface area contributed by atoms with Gasteiger partial charge in [0.05, 0.1) is 5.75 Å². The van der Waals surface area contributed by atoms with Gasteiger partial charge in [-0.15, -0.1) is 11.8 Å². The van der Waals surface area contributed by atoms with Gasteiger partial charge in [-0.25, -0.2) is 4.39 Å². The zero-order chi connectivity index (χ0) is 22.3. The molecule has 30 heavy (non-hydrogen) atoms. The number of nitrogens with two attached hydrogens (primary N) is 1. The van der Waals surface area contributed by atoms with Crippen LogP contribution in [0.1, 0.15) is 17.5 Å². The van der Waals surface area contributed by atoms with Crippen molar-refractivity contribution in [1.82, 2.24) is 0 Å². The summed E-state index contributed by atoms with van der Waals surface area (Å²) in [5.41, 5.74) is 7.62. The van der Waals surface area contributed by atoms with Crippen LogP contribution in [0.4, 0.5) is 10.1 Å². The Morgan fingerprint density at radius 2 is 1.80 bits per heavy atom. The van der Waals surface area contributed by atoms with Gasteiger partial charge in [-0.05, 0) is 61.4 Å². The van der Waals surface area contributed by atoms with Gasteiger partial charge in [0, 0.05) is 28.0 Å². The summed E-state index contributed by atoms with van der Waals surface area (Å²) in [5, 5.41) is 0. The van der Waals surface area contributed by atoms with E-state index < -0.39 is 30.2 Å². The van der Waals surface area contributed by atoms with E-state index in [1.165, 1.54) is 40.9 Å². The van der Waals surface area contributed by atoms with E-state index >= 15 is 0 Å². The zero-order valence-electron chi connectivity index (χ0n) is 16.6. The first-order valence-corrected chi connectivity index (χ1v) is 10.8.